The van der Waals surface area contributed by atoms with Crippen molar-refractivity contribution in [2.24, 2.45) is 0 Å². The van der Waals surface area contributed by atoms with E-state index in [1.54, 1.807) is 12.1 Å². The Bertz CT molecular complexity index is 6330. The molecule has 0 radical (unpaired) electrons. The molecular weight excluding hydrogens is 1320 g/mol. The molecular formula is C86H62N4O2Pt-2. The van der Waals surface area contributed by atoms with Gasteiger partial charge in [-0.1, -0.05) is 217 Å². The van der Waals surface area contributed by atoms with E-state index in [0.717, 1.165) is 94.2 Å². The Kier molecular flexibility index (Phi) is 10.7. The Balaban J connectivity index is 0.00000861. The number of hydrogen-bond donors (Lipinski definition) is 0. The van der Waals surface area contributed by atoms with Crippen molar-refractivity contribution >= 4 is 54.8 Å². The summed E-state index contributed by atoms with van der Waals surface area (Å²) >= 11 is 0. The molecule has 1 aliphatic rings. The van der Waals surface area contributed by atoms with Crippen molar-refractivity contribution < 1.29 is 52.6 Å². The van der Waals surface area contributed by atoms with Gasteiger partial charge in [-0.3, -0.25) is 4.57 Å². The predicted octanol–water partition coefficient (Wildman–Crippen LogP) is 22.1. The van der Waals surface area contributed by atoms with E-state index in [-0.39, 0.29) is 37.6 Å². The van der Waals surface area contributed by atoms with E-state index < -0.39 is 106 Å². The van der Waals surface area contributed by atoms with E-state index in [4.69, 9.17) is 22.4 Å². The van der Waals surface area contributed by atoms with Gasteiger partial charge in [0, 0.05) is 55.1 Å². The van der Waals surface area contributed by atoms with Crippen molar-refractivity contribution in [1.29, 1.82) is 0 Å². The molecule has 0 fully saturated rings. The van der Waals surface area contributed by atoms with Gasteiger partial charge in [-0.05, 0) is 172 Å². The molecule has 0 saturated heterocycles. The summed E-state index contributed by atoms with van der Waals surface area (Å²) < 4.78 is 140. The monoisotopic (exact) mass is 1390 g/mol. The number of rotatable bonds is 8. The molecule has 0 spiro atoms. The number of imidazole rings is 1. The molecule has 16 aromatic rings. The summed E-state index contributed by atoms with van der Waals surface area (Å²) in [7, 11) is 0. The van der Waals surface area contributed by atoms with Gasteiger partial charge < -0.3 is 18.3 Å². The topological polar surface area (TPSA) is 49.0 Å². The molecule has 7 heteroatoms. The Hall–Kier alpha value is -10.7. The number of pyridine rings is 1. The summed E-state index contributed by atoms with van der Waals surface area (Å²) in [5.41, 5.74) is 11.0. The quantitative estimate of drug-likeness (QED) is 0.113. The molecule has 0 bridgehead atoms. The number of fused-ring (bicyclic) bond motifs is 13. The second-order valence-corrected chi connectivity index (χ2v) is 25.3. The summed E-state index contributed by atoms with van der Waals surface area (Å²) in [4.78, 5) is 4.90. The largest absolute Gasteiger partial charge is 0.510 e. The molecule has 0 atom stereocenters. The zero-order chi connectivity index (χ0) is 73.3. The number of benzene rings is 12. The molecule has 5 heterocycles. The fraction of sp³-hybridized carbons (Fsp3) is 0.0930. The third-order valence-electron chi connectivity index (χ3n) is 17.5. The van der Waals surface area contributed by atoms with Gasteiger partial charge in [-0.25, -0.2) is 4.98 Å². The number of para-hydroxylation sites is 2. The smallest absolute Gasteiger partial charge is 0.268 e. The van der Waals surface area contributed by atoms with Crippen molar-refractivity contribution in [3.63, 3.8) is 0 Å². The Labute approximate surface area is 573 Å². The Morgan fingerprint density at radius 1 is 0.452 bits per heavy atom. The van der Waals surface area contributed by atoms with Gasteiger partial charge in [0.15, 0.2) is 0 Å². The van der Waals surface area contributed by atoms with Crippen LogP contribution in [0.25, 0.3) is 150 Å². The normalized spacial score (nSPS) is 14.1. The van der Waals surface area contributed by atoms with Gasteiger partial charge in [0.25, 0.3) is 6.33 Å². The maximum absolute atomic E-state index is 10.5. The summed E-state index contributed by atoms with van der Waals surface area (Å²) in [5.74, 6) is 1.40. The van der Waals surface area contributed by atoms with Crippen LogP contribution in [0.5, 0.6) is 11.5 Å². The van der Waals surface area contributed by atoms with E-state index >= 15 is 0 Å². The van der Waals surface area contributed by atoms with Crippen molar-refractivity contribution in [2.45, 2.75) is 52.4 Å². The van der Waals surface area contributed by atoms with Crippen molar-refractivity contribution in [2.75, 3.05) is 0 Å². The fourth-order valence-electron chi connectivity index (χ4n) is 13.0. The van der Waals surface area contributed by atoms with E-state index in [2.05, 4.69) is 130 Å². The van der Waals surface area contributed by atoms with Crippen molar-refractivity contribution in [1.82, 2.24) is 14.1 Å². The van der Waals surface area contributed by atoms with Crippen LogP contribution in [0.15, 0.2) is 271 Å². The van der Waals surface area contributed by atoms with Crippen molar-refractivity contribution in [3.05, 3.63) is 296 Å². The molecule has 0 unspecified atom stereocenters. The zero-order valence-corrected chi connectivity index (χ0v) is 53.6. The summed E-state index contributed by atoms with van der Waals surface area (Å²) in [6, 6.07) is 57.9. The first-order valence-corrected chi connectivity index (χ1v) is 30.5. The molecule has 450 valence electrons. The van der Waals surface area contributed by atoms with E-state index in [1.807, 2.05) is 120 Å². The van der Waals surface area contributed by atoms with Gasteiger partial charge in [0.1, 0.15) is 17.0 Å². The summed E-state index contributed by atoms with van der Waals surface area (Å²) in [6.07, 6.45) is 5.72. The average Bonchev–Trinajstić information content (AvgIpc) is 1.27. The van der Waals surface area contributed by atoms with Crippen LogP contribution >= 0.6 is 0 Å². The standard InChI is InChI=1S/C86H62N4O2.Pt/c1-85(2,3)61-40-41-87-82(50-61)90-77-34-19-17-32-70(77)71-38-37-65(52-78(71)90)91-64-27-21-26-63(51-64)88-53-89-83-73(56-36-39-81-74(45-56)72-33-18-20-35-80(72)92-81)48-62(86(4,5)6)49-76(83)69-31-16-14-29-67(69)66-28-13-15-30-68(66)75-46-60(47-79(88)84(75)89)59-43-57(54-22-9-7-10-23-54)42-58(44-59)55-24-11-8-12-25-55;/h7-50H,1-6H3;/q-2;/i7D,8D,9D,10D,11D,12D,22D,23D,24D,25D,42D,43D,44D;. The van der Waals surface area contributed by atoms with Gasteiger partial charge >= 0.3 is 0 Å². The fourth-order valence-corrected chi connectivity index (χ4v) is 13.0. The molecule has 0 saturated carbocycles. The Morgan fingerprint density at radius 3 is 1.75 bits per heavy atom. The minimum absolute atomic E-state index is 0. The molecule has 0 amide bonds. The molecule has 17 rings (SSSR count). The summed E-state index contributed by atoms with van der Waals surface area (Å²) in [6.45, 7) is 13.1. The third kappa shape index (κ3) is 9.91. The predicted molar refractivity (Wildman–Crippen MR) is 376 cm³/mol. The van der Waals surface area contributed by atoms with Crippen LogP contribution in [-0.2, 0) is 31.9 Å². The number of hydrogen-bond acceptors (Lipinski definition) is 3. The van der Waals surface area contributed by atoms with Crippen LogP contribution in [0.2, 0.25) is 0 Å². The molecule has 12 aromatic carbocycles. The molecule has 93 heavy (non-hydrogen) atoms. The number of furan rings is 1. The molecule has 4 aromatic heterocycles. The SMILES string of the molecule is [2H]c1c([2H])c([2H])c(-c2c([2H])c(-c3cc4c5c(c3)n(-c3[c-]c(Oc6[c-]c7c(cc6)c6ccccc6n7-c6cc(C(C)(C)C)ccn6)ccc3)[c-][n+]5-c3c(-c5ccc6oc7ccccc7c6c5)cc(C(C)(C)C)cc3-c3ccccc3-c3ccccc3-4)c([2H])c(-c3c([2H])c([2H])c([2H])c([2H])c3[2H])c2[2H])c([2H])c1[2H].[Pt]. The molecule has 6 nitrogen and oxygen atoms in total. The average molecular weight is 1390 g/mol. The van der Waals surface area contributed by atoms with E-state index in [0.29, 0.717) is 44.9 Å². The van der Waals surface area contributed by atoms with Crippen LogP contribution in [0.4, 0.5) is 0 Å². The maximum atomic E-state index is 10.5. The maximum Gasteiger partial charge on any atom is 0.268 e. The number of aromatic nitrogens is 4. The first kappa shape index (κ1) is 44.8. The summed E-state index contributed by atoms with van der Waals surface area (Å²) in [5, 5.41) is 3.81. The third-order valence-corrected chi connectivity index (χ3v) is 17.5. The first-order chi connectivity index (χ1) is 50.3. The second kappa shape index (κ2) is 22.3. The molecule has 0 aliphatic carbocycles. The van der Waals surface area contributed by atoms with Gasteiger partial charge in [-0.2, -0.15) is 18.2 Å². The zero-order valence-electron chi connectivity index (χ0n) is 64.3. The van der Waals surface area contributed by atoms with Crippen LogP contribution in [0.1, 0.15) is 70.5 Å². The van der Waals surface area contributed by atoms with Crippen molar-refractivity contribution in [3.8, 4) is 107 Å². The Morgan fingerprint density at radius 2 is 1.05 bits per heavy atom. The molecule has 0 N–H and O–H groups in total. The number of ether oxygens (including phenoxy) is 1. The van der Waals surface area contributed by atoms with Gasteiger partial charge in [0.05, 0.1) is 34.5 Å². The number of nitrogens with zero attached hydrogens (tertiary/aromatic N) is 4. The van der Waals surface area contributed by atoms with E-state index in [9.17, 15) is 9.60 Å². The second-order valence-electron chi connectivity index (χ2n) is 25.3. The minimum Gasteiger partial charge on any atom is -0.510 e. The first-order valence-electron chi connectivity index (χ1n) is 37.0. The van der Waals surface area contributed by atoms with Crippen LogP contribution < -0.4 is 9.30 Å². The molecule has 1 aliphatic heterocycles. The van der Waals surface area contributed by atoms with Crippen LogP contribution in [-0.4, -0.2) is 14.1 Å². The van der Waals surface area contributed by atoms with Crippen LogP contribution in [0, 0.1) is 18.5 Å². The van der Waals surface area contributed by atoms with Crippen LogP contribution in [0.3, 0.4) is 0 Å². The van der Waals surface area contributed by atoms with E-state index in [1.165, 1.54) is 0 Å². The van der Waals surface area contributed by atoms with Gasteiger partial charge in [0.2, 0.25) is 0 Å². The minimum atomic E-state index is -0.759. The van der Waals surface area contributed by atoms with Gasteiger partial charge in [-0.15, -0.1) is 29.7 Å².